The summed E-state index contributed by atoms with van der Waals surface area (Å²) in [7, 11) is 2.71. The van der Waals surface area contributed by atoms with Gasteiger partial charge in [-0.3, -0.25) is 4.79 Å². The number of halogens is 1. The van der Waals surface area contributed by atoms with Gasteiger partial charge in [0.2, 0.25) is 5.82 Å². The molecule has 0 radical (unpaired) electrons. The minimum absolute atomic E-state index is 0.200. The van der Waals surface area contributed by atoms with E-state index in [-0.39, 0.29) is 17.3 Å². The van der Waals surface area contributed by atoms with Gasteiger partial charge in [0.15, 0.2) is 23.4 Å². The van der Waals surface area contributed by atoms with E-state index in [0.29, 0.717) is 32.8 Å². The number of fused-ring (bicyclic) bond motifs is 2. The van der Waals surface area contributed by atoms with Crippen LogP contribution in [0.3, 0.4) is 0 Å². The number of benzene rings is 3. The molecule has 0 spiro atoms. The molecule has 192 valence electrons. The lowest BCUT2D eigenvalue weighted by molar-refractivity contribution is -0.147. The molecule has 5 aromatic rings. The van der Waals surface area contributed by atoms with Gasteiger partial charge in [0.1, 0.15) is 5.58 Å². The standard InChI is InChI=1S/C28H22ClN3O6/c1-16(28(34)36-3)37-25-18(12-19(29)14-23(25)35-2)15-30-32-26(24-13-17-8-4-7-11-22(17)38-24)31-21-10-6-5-9-20(21)27(32)33/h4-16H,1-3H3/t16-/m0/s1. The number of carbonyl (C=O) groups excluding carboxylic acids is 1. The van der Waals surface area contributed by atoms with Crippen molar-refractivity contribution in [3.05, 3.63) is 87.7 Å². The number of para-hydroxylation sites is 2. The molecule has 0 N–H and O–H groups in total. The van der Waals surface area contributed by atoms with E-state index >= 15 is 0 Å². The van der Waals surface area contributed by atoms with Gasteiger partial charge in [-0.1, -0.05) is 41.9 Å². The number of esters is 1. The highest BCUT2D eigenvalue weighted by atomic mass is 35.5. The molecule has 0 unspecified atom stereocenters. The number of methoxy groups -OCH3 is 2. The minimum atomic E-state index is -0.946. The van der Waals surface area contributed by atoms with Gasteiger partial charge < -0.3 is 18.6 Å². The van der Waals surface area contributed by atoms with Crippen molar-refractivity contribution < 1.29 is 23.4 Å². The quantitative estimate of drug-likeness (QED) is 0.207. The molecular formula is C28H22ClN3O6. The summed E-state index contributed by atoms with van der Waals surface area (Å²) in [4.78, 5) is 30.3. The number of ether oxygens (including phenoxy) is 3. The van der Waals surface area contributed by atoms with Crippen molar-refractivity contribution in [3.8, 4) is 23.1 Å². The van der Waals surface area contributed by atoms with E-state index in [0.717, 1.165) is 10.1 Å². The first-order chi connectivity index (χ1) is 18.4. The number of rotatable bonds is 7. The summed E-state index contributed by atoms with van der Waals surface area (Å²) >= 11 is 6.31. The molecule has 0 bridgehead atoms. The van der Waals surface area contributed by atoms with Crippen LogP contribution in [0.25, 0.3) is 33.5 Å². The van der Waals surface area contributed by atoms with E-state index in [4.69, 9.17) is 30.2 Å². The van der Waals surface area contributed by atoms with Gasteiger partial charge in [-0.25, -0.2) is 9.78 Å². The van der Waals surface area contributed by atoms with E-state index in [1.54, 1.807) is 42.5 Å². The van der Waals surface area contributed by atoms with Crippen LogP contribution >= 0.6 is 11.6 Å². The monoisotopic (exact) mass is 531 g/mol. The maximum Gasteiger partial charge on any atom is 0.346 e. The van der Waals surface area contributed by atoms with Crippen LogP contribution < -0.4 is 15.0 Å². The van der Waals surface area contributed by atoms with Crippen LogP contribution in [0.1, 0.15) is 12.5 Å². The van der Waals surface area contributed by atoms with Crippen molar-refractivity contribution in [2.45, 2.75) is 13.0 Å². The molecule has 10 heteroatoms. The zero-order valence-electron chi connectivity index (χ0n) is 20.7. The molecule has 0 aliphatic carbocycles. The summed E-state index contributed by atoms with van der Waals surface area (Å²) in [5, 5.41) is 6.04. The molecule has 38 heavy (non-hydrogen) atoms. The Kier molecular flexibility index (Phi) is 6.85. The van der Waals surface area contributed by atoms with Crippen LogP contribution in [0, 0.1) is 0 Å². The molecule has 0 saturated carbocycles. The molecule has 3 aromatic carbocycles. The summed E-state index contributed by atoms with van der Waals surface area (Å²) < 4.78 is 23.2. The second-order valence-corrected chi connectivity index (χ2v) is 8.71. The van der Waals surface area contributed by atoms with Crippen molar-refractivity contribution in [1.82, 2.24) is 9.66 Å². The maximum atomic E-state index is 13.6. The van der Waals surface area contributed by atoms with Gasteiger partial charge in [0.25, 0.3) is 5.56 Å². The van der Waals surface area contributed by atoms with E-state index < -0.39 is 17.6 Å². The van der Waals surface area contributed by atoms with E-state index in [1.807, 2.05) is 24.3 Å². The Morgan fingerprint density at radius 1 is 1.11 bits per heavy atom. The molecule has 2 aromatic heterocycles. The van der Waals surface area contributed by atoms with Gasteiger partial charge in [-0.05, 0) is 37.3 Å². The molecular weight excluding hydrogens is 510 g/mol. The Bertz CT molecular complexity index is 1720. The molecule has 9 nitrogen and oxygen atoms in total. The fourth-order valence-corrected chi connectivity index (χ4v) is 4.17. The zero-order valence-corrected chi connectivity index (χ0v) is 21.4. The number of hydrogen-bond acceptors (Lipinski definition) is 8. The first-order valence-corrected chi connectivity index (χ1v) is 11.9. The molecule has 1 atom stereocenters. The molecule has 5 rings (SSSR count). The maximum absolute atomic E-state index is 13.6. The Balaban J connectivity index is 1.69. The molecule has 0 amide bonds. The third-order valence-corrected chi connectivity index (χ3v) is 6.03. The zero-order chi connectivity index (χ0) is 26.8. The predicted molar refractivity (Wildman–Crippen MR) is 144 cm³/mol. The topological polar surface area (TPSA) is 105 Å². The number of hydrogen-bond donors (Lipinski definition) is 0. The van der Waals surface area contributed by atoms with Gasteiger partial charge in [0.05, 0.1) is 31.3 Å². The van der Waals surface area contributed by atoms with Crippen molar-refractivity contribution in [3.63, 3.8) is 0 Å². The Morgan fingerprint density at radius 3 is 2.63 bits per heavy atom. The number of nitrogens with zero attached hydrogens (tertiary/aromatic N) is 3. The molecule has 0 saturated heterocycles. The Hall–Kier alpha value is -4.63. The average Bonchev–Trinajstić information content (AvgIpc) is 3.37. The van der Waals surface area contributed by atoms with Crippen molar-refractivity contribution >= 4 is 45.7 Å². The number of aromatic nitrogens is 2. The highest BCUT2D eigenvalue weighted by molar-refractivity contribution is 6.31. The third kappa shape index (κ3) is 4.71. The molecule has 2 heterocycles. The first kappa shape index (κ1) is 25.0. The van der Waals surface area contributed by atoms with Gasteiger partial charge in [-0.2, -0.15) is 9.78 Å². The molecule has 0 aliphatic heterocycles. The van der Waals surface area contributed by atoms with Crippen LogP contribution in [0.4, 0.5) is 0 Å². The lowest BCUT2D eigenvalue weighted by atomic mass is 10.2. The highest BCUT2D eigenvalue weighted by Crippen LogP contribution is 2.35. The van der Waals surface area contributed by atoms with Gasteiger partial charge >= 0.3 is 5.97 Å². The molecule has 0 aliphatic rings. The van der Waals surface area contributed by atoms with Crippen molar-refractivity contribution in [2.75, 3.05) is 14.2 Å². The van der Waals surface area contributed by atoms with Crippen LogP contribution in [-0.2, 0) is 9.53 Å². The highest BCUT2D eigenvalue weighted by Gasteiger charge is 2.21. The summed E-state index contributed by atoms with van der Waals surface area (Å²) in [6, 6.07) is 19.4. The summed E-state index contributed by atoms with van der Waals surface area (Å²) in [6.45, 7) is 1.54. The second kappa shape index (κ2) is 10.4. The van der Waals surface area contributed by atoms with E-state index in [1.165, 1.54) is 27.4 Å². The Morgan fingerprint density at radius 2 is 1.87 bits per heavy atom. The van der Waals surface area contributed by atoms with Crippen LogP contribution in [-0.4, -0.2) is 42.2 Å². The number of furan rings is 1. The van der Waals surface area contributed by atoms with Crippen LogP contribution in [0.5, 0.6) is 11.5 Å². The largest absolute Gasteiger partial charge is 0.493 e. The summed E-state index contributed by atoms with van der Waals surface area (Å²) in [5.41, 5.74) is 1.11. The predicted octanol–water partition coefficient (Wildman–Crippen LogP) is 5.29. The second-order valence-electron chi connectivity index (χ2n) is 8.27. The smallest absolute Gasteiger partial charge is 0.346 e. The van der Waals surface area contributed by atoms with Crippen molar-refractivity contribution in [2.24, 2.45) is 5.10 Å². The average molecular weight is 532 g/mol. The first-order valence-electron chi connectivity index (χ1n) is 11.6. The Labute approximate surface area is 221 Å². The lowest BCUT2D eigenvalue weighted by Crippen LogP contribution is -2.25. The van der Waals surface area contributed by atoms with Crippen molar-refractivity contribution in [1.29, 1.82) is 0 Å². The van der Waals surface area contributed by atoms with Gasteiger partial charge in [-0.15, -0.1) is 0 Å². The minimum Gasteiger partial charge on any atom is -0.493 e. The number of carbonyl (C=O) groups is 1. The summed E-state index contributed by atoms with van der Waals surface area (Å²) in [5.74, 6) is 0.472. The fourth-order valence-electron chi connectivity index (χ4n) is 3.96. The SMILES string of the molecule is COC(=O)[C@H](C)Oc1c(C=Nn2c(-c3cc4ccccc4o3)nc3ccccc3c2=O)cc(Cl)cc1OC. The van der Waals surface area contributed by atoms with Crippen LogP contribution in [0.2, 0.25) is 5.02 Å². The summed E-state index contributed by atoms with van der Waals surface area (Å²) in [6.07, 6.45) is 0.441. The lowest BCUT2D eigenvalue weighted by Gasteiger charge is -2.17. The normalized spacial score (nSPS) is 12.2. The molecule has 0 fully saturated rings. The fraction of sp³-hybridized carbons (Fsp3) is 0.143. The van der Waals surface area contributed by atoms with E-state index in [9.17, 15) is 9.59 Å². The van der Waals surface area contributed by atoms with E-state index in [2.05, 4.69) is 10.1 Å². The van der Waals surface area contributed by atoms with Gasteiger partial charge in [0, 0.05) is 22.0 Å². The van der Waals surface area contributed by atoms with Crippen LogP contribution in [0.15, 0.2) is 81.0 Å². The third-order valence-electron chi connectivity index (χ3n) is 5.81.